The molecule has 0 atom stereocenters. The summed E-state index contributed by atoms with van der Waals surface area (Å²) in [4.78, 5) is 13.4. The van der Waals surface area contributed by atoms with Crippen LogP contribution >= 0.6 is 11.3 Å². The van der Waals surface area contributed by atoms with Crippen LogP contribution in [-0.4, -0.2) is 75.3 Å². The Kier molecular flexibility index (Phi) is 9.05. The predicted octanol–water partition coefficient (Wildman–Crippen LogP) is 5.29. The van der Waals surface area contributed by atoms with E-state index >= 15 is 0 Å². The van der Waals surface area contributed by atoms with Gasteiger partial charge < -0.3 is 9.13 Å². The second-order valence-corrected chi connectivity index (χ2v) is 14.9. The Morgan fingerprint density at radius 1 is 0.692 bits per heavy atom. The van der Waals surface area contributed by atoms with Gasteiger partial charge in [0.1, 0.15) is 18.0 Å². The van der Waals surface area contributed by atoms with Gasteiger partial charge in [0.25, 0.3) is 0 Å². The number of hydrogen-bond donors (Lipinski definition) is 0. The van der Waals surface area contributed by atoms with Crippen LogP contribution in [0.3, 0.4) is 0 Å². The van der Waals surface area contributed by atoms with E-state index in [4.69, 9.17) is 0 Å². The van der Waals surface area contributed by atoms with Crippen molar-refractivity contribution in [2.45, 2.75) is 118 Å². The molecule has 6 heterocycles. The molecule has 0 aromatic carbocycles. The molecule has 6 rings (SSSR count). The van der Waals surface area contributed by atoms with Crippen molar-refractivity contribution in [3.05, 3.63) is 52.3 Å². The molecule has 3 aromatic rings. The van der Waals surface area contributed by atoms with E-state index in [0.29, 0.717) is 5.54 Å². The van der Waals surface area contributed by atoms with Gasteiger partial charge in [0.2, 0.25) is 0 Å². The fourth-order valence-electron chi connectivity index (χ4n) is 5.21. The van der Waals surface area contributed by atoms with Crippen LogP contribution in [0.4, 0.5) is 0 Å². The summed E-state index contributed by atoms with van der Waals surface area (Å²) < 4.78 is 4.37. The molecule has 3 aliphatic rings. The molecule has 8 nitrogen and oxygen atoms in total. The first-order chi connectivity index (χ1) is 18.2. The number of thiophene rings is 1. The zero-order chi connectivity index (χ0) is 28.4. The number of aromatic nitrogens is 5. The highest BCUT2D eigenvalue weighted by atomic mass is 32.1. The van der Waals surface area contributed by atoms with Crippen LogP contribution in [0, 0.1) is 0 Å². The lowest BCUT2D eigenvalue weighted by Crippen LogP contribution is -2.45. The van der Waals surface area contributed by atoms with E-state index in [9.17, 15) is 0 Å². The molecule has 0 amide bonds. The molecule has 0 saturated heterocycles. The average molecular weight is 555 g/mol. The fraction of sp³-hybridized carbons (Fsp3) is 0.700. The van der Waals surface area contributed by atoms with E-state index < -0.39 is 0 Å². The molecule has 0 aliphatic carbocycles. The Morgan fingerprint density at radius 3 is 1.92 bits per heavy atom. The molecule has 0 N–H and O–H groups in total. The number of fused-ring (bicyclic) bond motifs is 3. The van der Waals surface area contributed by atoms with E-state index in [1.165, 1.54) is 18.8 Å². The maximum Gasteiger partial charge on any atom is 0.147 e. The van der Waals surface area contributed by atoms with Crippen LogP contribution in [-0.2, 0) is 39.1 Å². The van der Waals surface area contributed by atoms with Crippen LogP contribution in [0.2, 0.25) is 0 Å². The minimum Gasteiger partial charge on any atom is -0.333 e. The maximum absolute atomic E-state index is 4.34. The quantitative estimate of drug-likeness (QED) is 0.376. The zero-order valence-electron chi connectivity index (χ0n) is 25.7. The highest BCUT2D eigenvalue weighted by molar-refractivity contribution is 7.10. The molecular formula is C30H50N8S. The molecule has 216 valence electrons. The van der Waals surface area contributed by atoms with Crippen molar-refractivity contribution in [2.75, 3.05) is 19.6 Å². The summed E-state index contributed by atoms with van der Waals surface area (Å²) in [6.07, 6.45) is 7.01. The van der Waals surface area contributed by atoms with Crippen molar-refractivity contribution >= 4 is 11.3 Å². The van der Waals surface area contributed by atoms with Crippen molar-refractivity contribution in [1.29, 1.82) is 0 Å². The minimum absolute atomic E-state index is 0.233. The standard InChI is InChI=1S/C11H17NS.C10H17N3.C9H16N4/c1-11(2,3)12-6-4-10-9(8-12)5-7-13-10;1-10(2,3)13-7-6-12-5-4-11-9(12)8-13;1-9(2,3)13-5-4-12-7-10-11-8(12)6-13/h5,7H,4,6,8H2,1-3H3;4-5H,6-8H2,1-3H3;7H,4-6H2,1-3H3. The van der Waals surface area contributed by atoms with Crippen molar-refractivity contribution in [3.8, 4) is 0 Å². The molecule has 0 spiro atoms. The van der Waals surface area contributed by atoms with Crippen LogP contribution < -0.4 is 0 Å². The second kappa shape index (κ2) is 11.8. The Hall–Kier alpha value is -2.07. The summed E-state index contributed by atoms with van der Waals surface area (Å²) in [7, 11) is 0. The van der Waals surface area contributed by atoms with E-state index in [1.54, 1.807) is 10.4 Å². The topological polar surface area (TPSA) is 58.2 Å². The molecular weight excluding hydrogens is 504 g/mol. The van der Waals surface area contributed by atoms with E-state index in [1.807, 2.05) is 23.9 Å². The first kappa shape index (κ1) is 29.9. The van der Waals surface area contributed by atoms with Crippen molar-refractivity contribution in [1.82, 2.24) is 39.0 Å². The normalized spacial score (nSPS) is 18.7. The molecule has 0 fully saturated rings. The molecule has 0 radical (unpaired) electrons. The van der Waals surface area contributed by atoms with E-state index in [0.717, 1.165) is 51.6 Å². The molecule has 0 bridgehead atoms. The predicted molar refractivity (Wildman–Crippen MR) is 161 cm³/mol. The van der Waals surface area contributed by atoms with E-state index in [2.05, 4.69) is 119 Å². The summed E-state index contributed by atoms with van der Waals surface area (Å²) >= 11 is 1.91. The summed E-state index contributed by atoms with van der Waals surface area (Å²) in [5.74, 6) is 2.28. The van der Waals surface area contributed by atoms with Gasteiger partial charge >= 0.3 is 0 Å². The van der Waals surface area contributed by atoms with Gasteiger partial charge in [-0.25, -0.2) is 4.98 Å². The maximum atomic E-state index is 4.34. The summed E-state index contributed by atoms with van der Waals surface area (Å²) in [6, 6.07) is 2.28. The highest BCUT2D eigenvalue weighted by Crippen LogP contribution is 2.28. The van der Waals surface area contributed by atoms with Gasteiger partial charge in [-0.15, -0.1) is 21.5 Å². The van der Waals surface area contributed by atoms with Crippen molar-refractivity contribution in [2.24, 2.45) is 0 Å². The first-order valence-electron chi connectivity index (χ1n) is 14.4. The fourth-order valence-corrected chi connectivity index (χ4v) is 6.10. The Labute approximate surface area is 240 Å². The smallest absolute Gasteiger partial charge is 0.147 e. The third kappa shape index (κ3) is 7.78. The number of hydrogen-bond acceptors (Lipinski definition) is 7. The zero-order valence-corrected chi connectivity index (χ0v) is 26.6. The summed E-state index contributed by atoms with van der Waals surface area (Å²) in [6.45, 7) is 28.9. The van der Waals surface area contributed by atoms with Crippen LogP contribution in [0.1, 0.15) is 84.4 Å². The third-order valence-corrected chi connectivity index (χ3v) is 9.06. The Morgan fingerprint density at radius 2 is 1.28 bits per heavy atom. The van der Waals surface area contributed by atoms with Gasteiger partial charge in [0.15, 0.2) is 0 Å². The first-order valence-corrected chi connectivity index (χ1v) is 15.3. The number of rotatable bonds is 0. The molecule has 9 heteroatoms. The number of nitrogens with zero attached hydrogens (tertiary/aromatic N) is 8. The minimum atomic E-state index is 0.233. The van der Waals surface area contributed by atoms with Crippen LogP contribution in [0.15, 0.2) is 30.2 Å². The highest BCUT2D eigenvalue weighted by Gasteiger charge is 2.28. The lowest BCUT2D eigenvalue weighted by Gasteiger charge is -2.38. The van der Waals surface area contributed by atoms with Crippen LogP contribution in [0.25, 0.3) is 0 Å². The van der Waals surface area contributed by atoms with Gasteiger partial charge in [0, 0.05) is 73.2 Å². The van der Waals surface area contributed by atoms with Gasteiger partial charge in [0.05, 0.1) is 13.1 Å². The van der Waals surface area contributed by atoms with Crippen LogP contribution in [0.5, 0.6) is 0 Å². The monoisotopic (exact) mass is 554 g/mol. The second-order valence-electron chi connectivity index (χ2n) is 13.9. The summed E-state index contributed by atoms with van der Waals surface area (Å²) in [5.41, 5.74) is 2.36. The molecule has 0 unspecified atom stereocenters. The van der Waals surface area contributed by atoms with Crippen molar-refractivity contribution in [3.63, 3.8) is 0 Å². The van der Waals surface area contributed by atoms with Gasteiger partial charge in [-0.05, 0) is 85.7 Å². The molecule has 3 aliphatic heterocycles. The van der Waals surface area contributed by atoms with Gasteiger partial charge in [-0.1, -0.05) is 0 Å². The van der Waals surface area contributed by atoms with Gasteiger partial charge in [-0.2, -0.15) is 0 Å². The molecule has 39 heavy (non-hydrogen) atoms. The third-order valence-electron chi connectivity index (χ3n) is 8.04. The van der Waals surface area contributed by atoms with Crippen molar-refractivity contribution < 1.29 is 0 Å². The molecule has 3 aromatic heterocycles. The van der Waals surface area contributed by atoms with E-state index in [-0.39, 0.29) is 11.1 Å². The van der Waals surface area contributed by atoms with Gasteiger partial charge in [-0.3, -0.25) is 14.7 Å². The SMILES string of the molecule is CC(C)(C)N1CCc2sccc2C1.CC(C)(C)N1CCn2ccnc2C1.CC(C)(C)N1CCn2cnnc2C1. The lowest BCUT2D eigenvalue weighted by molar-refractivity contribution is 0.100. The lowest BCUT2D eigenvalue weighted by atomic mass is 10.0. The molecule has 0 saturated carbocycles. The number of imidazole rings is 1. The Bertz CT molecular complexity index is 1040. The Balaban J connectivity index is 0.000000136. The largest absolute Gasteiger partial charge is 0.333 e. The average Bonchev–Trinajstić information content (AvgIpc) is 3.62. The summed E-state index contributed by atoms with van der Waals surface area (Å²) in [5, 5.41) is 10.2.